The quantitative estimate of drug-likeness (QED) is 0.690. The zero-order valence-electron chi connectivity index (χ0n) is 8.37. The van der Waals surface area contributed by atoms with Crippen molar-refractivity contribution >= 4 is 35.0 Å². The molecule has 2 rings (SSSR count). The molecule has 0 aliphatic heterocycles. The number of pyridine rings is 1. The van der Waals surface area contributed by atoms with Crippen molar-refractivity contribution in [2.75, 3.05) is 0 Å². The van der Waals surface area contributed by atoms with Crippen LogP contribution in [-0.2, 0) is 5.75 Å². The molecular weight excluding hydrogens is 267 g/mol. The third-order valence-corrected chi connectivity index (χ3v) is 3.21. The van der Waals surface area contributed by atoms with E-state index in [9.17, 15) is 0 Å². The maximum Gasteiger partial charge on any atom is 0.208 e. The number of H-pyrrole nitrogens is 1. The normalized spacial score (nSPS) is 10.7. The number of nitrogens with zero attached hydrogens (tertiary/aromatic N) is 3. The highest BCUT2D eigenvalue weighted by Gasteiger charge is 2.06. The van der Waals surface area contributed by atoms with Gasteiger partial charge >= 0.3 is 0 Å². The predicted molar refractivity (Wildman–Crippen MR) is 64.9 cm³/mol. The van der Waals surface area contributed by atoms with E-state index in [-0.39, 0.29) is 0 Å². The molecule has 16 heavy (non-hydrogen) atoms. The smallest absolute Gasteiger partial charge is 0.208 e. The Morgan fingerprint density at radius 1 is 1.31 bits per heavy atom. The van der Waals surface area contributed by atoms with Gasteiger partial charge in [-0.15, -0.1) is 5.10 Å². The highest BCUT2D eigenvalue weighted by atomic mass is 35.5. The zero-order chi connectivity index (χ0) is 11.5. The molecule has 0 amide bonds. The minimum absolute atomic E-state index is 0.436. The summed E-state index contributed by atoms with van der Waals surface area (Å²) in [5, 5.41) is 8.49. The molecule has 0 bridgehead atoms. The number of hydrogen-bond acceptors (Lipinski definition) is 4. The van der Waals surface area contributed by atoms with Crippen LogP contribution in [0.3, 0.4) is 0 Å². The lowest BCUT2D eigenvalue weighted by Gasteiger charge is -2.01. The van der Waals surface area contributed by atoms with E-state index >= 15 is 0 Å². The average Bonchev–Trinajstić information content (AvgIpc) is 2.66. The highest BCUT2D eigenvalue weighted by molar-refractivity contribution is 7.98. The molecule has 2 aromatic rings. The Morgan fingerprint density at radius 2 is 2.12 bits per heavy atom. The van der Waals surface area contributed by atoms with Crippen molar-refractivity contribution in [1.82, 2.24) is 20.2 Å². The lowest BCUT2D eigenvalue weighted by Crippen LogP contribution is -1.89. The topological polar surface area (TPSA) is 54.5 Å². The van der Waals surface area contributed by atoms with Crippen molar-refractivity contribution in [3.05, 3.63) is 33.8 Å². The van der Waals surface area contributed by atoms with Crippen LogP contribution in [0.2, 0.25) is 10.2 Å². The van der Waals surface area contributed by atoms with Gasteiger partial charge in [-0.05, 0) is 19.1 Å². The third kappa shape index (κ3) is 2.87. The summed E-state index contributed by atoms with van der Waals surface area (Å²) in [6.45, 7) is 1.85. The van der Waals surface area contributed by atoms with Crippen molar-refractivity contribution < 1.29 is 0 Å². The fourth-order valence-electron chi connectivity index (χ4n) is 1.08. The van der Waals surface area contributed by atoms with E-state index in [1.807, 2.05) is 6.92 Å². The number of aromatic amines is 1. The molecule has 0 unspecified atom stereocenters. The van der Waals surface area contributed by atoms with Crippen molar-refractivity contribution in [3.63, 3.8) is 0 Å². The summed E-state index contributed by atoms with van der Waals surface area (Å²) in [5.74, 6) is 1.38. The minimum atomic E-state index is 0.436. The molecule has 2 heterocycles. The first-order valence-electron chi connectivity index (χ1n) is 4.48. The summed E-state index contributed by atoms with van der Waals surface area (Å²) >= 11 is 13.2. The fourth-order valence-corrected chi connectivity index (χ4v) is 2.29. The molecule has 84 valence electrons. The van der Waals surface area contributed by atoms with Gasteiger partial charge in [0.25, 0.3) is 0 Å². The predicted octanol–water partition coefficient (Wildman–Crippen LogP) is 3.11. The molecule has 4 nitrogen and oxygen atoms in total. The van der Waals surface area contributed by atoms with Crippen LogP contribution in [0.1, 0.15) is 11.5 Å². The molecule has 2 aromatic heterocycles. The van der Waals surface area contributed by atoms with Gasteiger partial charge < -0.3 is 0 Å². The molecule has 0 saturated carbocycles. The van der Waals surface area contributed by atoms with E-state index in [2.05, 4.69) is 20.2 Å². The lowest BCUT2D eigenvalue weighted by molar-refractivity contribution is 0.968. The van der Waals surface area contributed by atoms with E-state index in [1.54, 1.807) is 12.1 Å². The number of aromatic nitrogens is 4. The molecule has 0 aliphatic rings. The first-order valence-corrected chi connectivity index (χ1v) is 6.22. The number of nitrogens with one attached hydrogen (secondary N) is 1. The maximum atomic E-state index is 5.98. The molecule has 7 heteroatoms. The van der Waals surface area contributed by atoms with Crippen LogP contribution >= 0.6 is 35.0 Å². The molecular formula is C9H8Cl2N4S. The van der Waals surface area contributed by atoms with Gasteiger partial charge in [0, 0.05) is 5.75 Å². The van der Waals surface area contributed by atoms with Crippen LogP contribution in [0.25, 0.3) is 0 Å². The maximum absolute atomic E-state index is 5.98. The SMILES string of the molecule is Cc1nc(SCc2nc(Cl)ccc2Cl)n[nH]1. The molecule has 1 N–H and O–H groups in total. The second-order valence-electron chi connectivity index (χ2n) is 3.05. The van der Waals surface area contributed by atoms with Crippen LogP contribution in [0.5, 0.6) is 0 Å². The standard InChI is InChI=1S/C9H8Cl2N4S/c1-5-12-9(15-14-5)16-4-7-6(10)2-3-8(11)13-7/h2-3H,4H2,1H3,(H,12,14,15). The number of hydrogen-bond donors (Lipinski definition) is 1. The van der Waals surface area contributed by atoms with Gasteiger partial charge in [-0.1, -0.05) is 35.0 Å². The van der Waals surface area contributed by atoms with Crippen LogP contribution < -0.4 is 0 Å². The third-order valence-electron chi connectivity index (χ3n) is 1.80. The largest absolute Gasteiger partial charge is 0.262 e. The molecule has 0 aliphatic carbocycles. The average molecular weight is 275 g/mol. The Kier molecular flexibility index (Phi) is 3.68. The van der Waals surface area contributed by atoms with E-state index in [4.69, 9.17) is 23.2 Å². The zero-order valence-corrected chi connectivity index (χ0v) is 10.7. The number of halogens is 2. The van der Waals surface area contributed by atoms with Crippen LogP contribution in [0.15, 0.2) is 17.3 Å². The second-order valence-corrected chi connectivity index (χ2v) is 4.79. The molecule has 0 radical (unpaired) electrons. The summed E-state index contributed by atoms with van der Waals surface area (Å²) < 4.78 is 0. The van der Waals surface area contributed by atoms with E-state index in [0.717, 1.165) is 11.5 Å². The summed E-state index contributed by atoms with van der Waals surface area (Å²) in [4.78, 5) is 8.31. The Morgan fingerprint density at radius 3 is 2.81 bits per heavy atom. The van der Waals surface area contributed by atoms with Crippen molar-refractivity contribution in [3.8, 4) is 0 Å². The van der Waals surface area contributed by atoms with Gasteiger partial charge in [0.15, 0.2) is 0 Å². The number of aryl methyl sites for hydroxylation is 1. The van der Waals surface area contributed by atoms with Crippen molar-refractivity contribution in [2.45, 2.75) is 17.8 Å². The van der Waals surface area contributed by atoms with Crippen LogP contribution in [-0.4, -0.2) is 20.2 Å². The van der Waals surface area contributed by atoms with Gasteiger partial charge in [0.05, 0.1) is 10.7 Å². The van der Waals surface area contributed by atoms with Gasteiger partial charge in [0.2, 0.25) is 5.16 Å². The Balaban J connectivity index is 2.07. The van der Waals surface area contributed by atoms with Gasteiger partial charge in [-0.25, -0.2) is 9.97 Å². The van der Waals surface area contributed by atoms with Crippen molar-refractivity contribution in [2.24, 2.45) is 0 Å². The van der Waals surface area contributed by atoms with E-state index < -0.39 is 0 Å². The lowest BCUT2D eigenvalue weighted by atomic mass is 10.4. The van der Waals surface area contributed by atoms with Gasteiger partial charge in [-0.2, -0.15) is 0 Å². The Labute approximate surface area is 107 Å². The van der Waals surface area contributed by atoms with Gasteiger partial charge in [0.1, 0.15) is 11.0 Å². The summed E-state index contributed by atoms with van der Waals surface area (Å²) in [5.41, 5.74) is 0.738. The monoisotopic (exact) mass is 274 g/mol. The van der Waals surface area contributed by atoms with Gasteiger partial charge in [-0.3, -0.25) is 5.10 Å². The summed E-state index contributed by atoms with van der Waals surface area (Å²) in [7, 11) is 0. The summed E-state index contributed by atoms with van der Waals surface area (Å²) in [6.07, 6.45) is 0. The van der Waals surface area contributed by atoms with Crippen LogP contribution in [0, 0.1) is 6.92 Å². The fraction of sp³-hybridized carbons (Fsp3) is 0.222. The van der Waals surface area contributed by atoms with Crippen LogP contribution in [0.4, 0.5) is 0 Å². The first kappa shape index (κ1) is 11.7. The number of thioether (sulfide) groups is 1. The number of rotatable bonds is 3. The second kappa shape index (κ2) is 5.03. The highest BCUT2D eigenvalue weighted by Crippen LogP contribution is 2.24. The van der Waals surface area contributed by atoms with E-state index in [1.165, 1.54) is 11.8 Å². The molecule has 0 aromatic carbocycles. The minimum Gasteiger partial charge on any atom is -0.262 e. The van der Waals surface area contributed by atoms with E-state index in [0.29, 0.717) is 21.1 Å². The van der Waals surface area contributed by atoms with Crippen molar-refractivity contribution in [1.29, 1.82) is 0 Å². The Bertz CT molecular complexity index is 500. The molecule has 0 saturated heterocycles. The Hall–Kier alpha value is -0.780. The molecule has 0 atom stereocenters. The molecule has 0 spiro atoms. The first-order chi connectivity index (χ1) is 7.65. The molecule has 0 fully saturated rings. The summed E-state index contributed by atoms with van der Waals surface area (Å²) in [6, 6.07) is 3.39.